The van der Waals surface area contributed by atoms with E-state index in [0.717, 1.165) is 6.42 Å². The summed E-state index contributed by atoms with van der Waals surface area (Å²) in [6.45, 7) is 5.45. The lowest BCUT2D eigenvalue weighted by molar-refractivity contribution is -0.697. The first-order chi connectivity index (χ1) is 13.7. The van der Waals surface area contributed by atoms with Crippen molar-refractivity contribution in [3.8, 4) is 0 Å². The van der Waals surface area contributed by atoms with Crippen molar-refractivity contribution in [3.05, 3.63) is 30.6 Å². The fraction of sp³-hybridized carbons (Fsp3) is 0.800. The number of rotatable bonds is 17. The molecule has 1 N–H and O–H groups in total. The zero-order chi connectivity index (χ0) is 20.7. The van der Waals surface area contributed by atoms with Gasteiger partial charge in [0.1, 0.15) is 12.1 Å². The number of aromatic nitrogens is 1. The molecule has 0 fully saturated rings. The lowest BCUT2D eigenvalue weighted by Gasteiger charge is -2.02. The van der Waals surface area contributed by atoms with Gasteiger partial charge < -0.3 is 17.5 Å². The smallest absolute Gasteiger partial charge is 0.168 e. The maximum atomic E-state index is 8.32. The number of alkyl halides is 1. The van der Waals surface area contributed by atoms with E-state index in [0.29, 0.717) is 6.42 Å². The average Bonchev–Trinajstić information content (AvgIpc) is 2.69. The van der Waals surface area contributed by atoms with E-state index in [1.165, 1.54) is 96.4 Å². The molecule has 2 nitrogen and oxygen atoms in total. The lowest BCUT2D eigenvalue weighted by atomic mass is 10.0. The topological polar surface area (TPSA) is 24.1 Å². The summed E-state index contributed by atoms with van der Waals surface area (Å²) < 4.78 is 2.29. The Morgan fingerprint density at radius 3 is 1.41 bits per heavy atom. The number of aryl methyl sites for hydroxylation is 1. The van der Waals surface area contributed by atoms with Crippen LogP contribution in [-0.4, -0.2) is 10.7 Å². The van der Waals surface area contributed by atoms with Crippen molar-refractivity contribution in [2.45, 2.75) is 129 Å². The largest absolute Gasteiger partial charge is 1.00 e. The third-order valence-corrected chi connectivity index (χ3v) is 5.29. The molecule has 1 aromatic rings. The Balaban J connectivity index is 0. The second kappa shape index (κ2) is 25.7. The molecule has 1 rings (SSSR count). The number of aliphatic hydroxyl groups is 1. The third kappa shape index (κ3) is 25.7. The quantitative estimate of drug-likeness (QED) is 0.207. The van der Waals surface area contributed by atoms with E-state index >= 15 is 0 Å². The summed E-state index contributed by atoms with van der Waals surface area (Å²) in [6.07, 6.45) is 26.1. The summed E-state index contributed by atoms with van der Waals surface area (Å²) in [5, 5.41) is 8.32. The minimum absolute atomic E-state index is 0. The van der Waals surface area contributed by atoms with Gasteiger partial charge in [-0.3, -0.25) is 0 Å². The van der Waals surface area contributed by atoms with Gasteiger partial charge >= 0.3 is 0 Å². The van der Waals surface area contributed by atoms with E-state index in [1.807, 2.05) is 6.92 Å². The van der Waals surface area contributed by atoms with Crippen LogP contribution in [0.25, 0.3) is 0 Å². The van der Waals surface area contributed by atoms with E-state index in [2.05, 4.69) is 42.1 Å². The molecule has 0 amide bonds. The molecular formula is C25H47Cl2NO. The van der Waals surface area contributed by atoms with Gasteiger partial charge in [-0.2, -0.15) is 0 Å². The number of unbranched alkanes of at least 4 members (excludes halogenated alkanes) is 13. The maximum absolute atomic E-state index is 8.32. The second-order valence-electron chi connectivity index (χ2n) is 7.93. The van der Waals surface area contributed by atoms with Crippen LogP contribution in [0.2, 0.25) is 0 Å². The minimum Gasteiger partial charge on any atom is -1.00 e. The first kappa shape index (κ1) is 30.9. The van der Waals surface area contributed by atoms with Crippen LogP contribution in [0.15, 0.2) is 30.6 Å². The van der Waals surface area contributed by atoms with Gasteiger partial charge in [-0.15, -0.1) is 0 Å². The summed E-state index contributed by atoms with van der Waals surface area (Å²) in [5.41, 5.74) is -0.630. The molecule has 29 heavy (non-hydrogen) atoms. The molecule has 1 unspecified atom stereocenters. The summed E-state index contributed by atoms with van der Waals surface area (Å²) in [6, 6.07) is 6.31. The van der Waals surface area contributed by atoms with Crippen molar-refractivity contribution in [3.63, 3.8) is 0 Å². The maximum Gasteiger partial charge on any atom is 0.168 e. The van der Waals surface area contributed by atoms with Crippen LogP contribution in [0, 0.1) is 0 Å². The molecule has 1 aromatic heterocycles. The third-order valence-electron chi connectivity index (χ3n) is 5.07. The Bertz CT molecular complexity index is 401. The predicted molar refractivity (Wildman–Crippen MR) is 124 cm³/mol. The van der Waals surface area contributed by atoms with Crippen molar-refractivity contribution in [1.29, 1.82) is 0 Å². The van der Waals surface area contributed by atoms with Gasteiger partial charge in [-0.1, -0.05) is 115 Å². The Labute approximate surface area is 192 Å². The van der Waals surface area contributed by atoms with Crippen molar-refractivity contribution >= 4 is 11.6 Å². The molecule has 0 aromatic carbocycles. The zero-order valence-corrected chi connectivity index (χ0v) is 20.6. The van der Waals surface area contributed by atoms with Gasteiger partial charge in [-0.05, 0) is 12.8 Å². The first-order valence-electron chi connectivity index (χ1n) is 12.0. The summed E-state index contributed by atoms with van der Waals surface area (Å²) in [4.78, 5) is 0. The van der Waals surface area contributed by atoms with E-state index in [1.54, 1.807) is 0 Å². The Kier molecular flexibility index (Phi) is 27.4. The van der Waals surface area contributed by atoms with Crippen LogP contribution in [-0.2, 0) is 6.54 Å². The summed E-state index contributed by atoms with van der Waals surface area (Å²) in [5.74, 6) is 0. The number of aliphatic hydroxyl groups excluding tert-OH is 1. The standard InChI is InChI=1S/C21H38N.C4H9ClO.ClH/c1-2-3-4-5-6-7-8-9-10-11-12-13-14-16-19-22-20-17-15-18-21-22;1-2-3-4(5)6;/h15,17-18,20-21H,2-14,16,19H2,1H3;4,6H,2-3H2,1H3;1H/q+1;;/p-1. The molecule has 0 aliphatic carbocycles. The molecule has 0 radical (unpaired) electrons. The molecule has 0 spiro atoms. The van der Waals surface area contributed by atoms with Gasteiger partial charge in [0.05, 0.1) is 0 Å². The highest BCUT2D eigenvalue weighted by Gasteiger charge is 1.98. The van der Waals surface area contributed by atoms with Crippen LogP contribution in [0.3, 0.4) is 0 Å². The molecular weight excluding hydrogens is 401 g/mol. The van der Waals surface area contributed by atoms with Crippen molar-refractivity contribution in [1.82, 2.24) is 0 Å². The van der Waals surface area contributed by atoms with Gasteiger partial charge in [0, 0.05) is 18.6 Å². The van der Waals surface area contributed by atoms with Crippen molar-refractivity contribution in [2.24, 2.45) is 0 Å². The highest BCUT2D eigenvalue weighted by atomic mass is 35.5. The van der Waals surface area contributed by atoms with Gasteiger partial charge in [0.25, 0.3) is 0 Å². The molecule has 4 heteroatoms. The second-order valence-corrected chi connectivity index (χ2v) is 8.44. The highest BCUT2D eigenvalue weighted by molar-refractivity contribution is 6.19. The molecule has 0 saturated carbocycles. The normalized spacial score (nSPS) is 11.3. The van der Waals surface area contributed by atoms with Crippen LogP contribution < -0.4 is 17.0 Å². The molecule has 0 bridgehead atoms. The number of pyridine rings is 1. The van der Waals surface area contributed by atoms with Crippen LogP contribution in [0.1, 0.15) is 117 Å². The first-order valence-corrected chi connectivity index (χ1v) is 12.4. The highest BCUT2D eigenvalue weighted by Crippen LogP contribution is 2.12. The average molecular weight is 449 g/mol. The van der Waals surface area contributed by atoms with Crippen molar-refractivity contribution < 1.29 is 22.1 Å². The van der Waals surface area contributed by atoms with Gasteiger partial charge in [-0.25, -0.2) is 4.57 Å². The van der Waals surface area contributed by atoms with E-state index in [4.69, 9.17) is 16.7 Å². The number of hydrogen-bond acceptors (Lipinski definition) is 1. The summed E-state index contributed by atoms with van der Waals surface area (Å²) >= 11 is 5.13. The van der Waals surface area contributed by atoms with Gasteiger partial charge in [0.15, 0.2) is 12.4 Å². The van der Waals surface area contributed by atoms with Gasteiger partial charge in [0.2, 0.25) is 0 Å². The zero-order valence-electron chi connectivity index (χ0n) is 19.1. The van der Waals surface area contributed by atoms with E-state index in [9.17, 15) is 0 Å². The SMILES string of the molecule is CCCC(O)Cl.CCCCCCCCCCCCCCCC[n+]1ccccc1.[Cl-]. The monoisotopic (exact) mass is 447 g/mol. The Morgan fingerprint density at radius 2 is 1.07 bits per heavy atom. The van der Waals surface area contributed by atoms with E-state index in [-0.39, 0.29) is 12.4 Å². The lowest BCUT2D eigenvalue weighted by Crippen LogP contribution is -3.00. The molecule has 0 aliphatic rings. The summed E-state index contributed by atoms with van der Waals surface area (Å²) in [7, 11) is 0. The van der Waals surface area contributed by atoms with Crippen LogP contribution in [0.5, 0.6) is 0 Å². The van der Waals surface area contributed by atoms with Crippen LogP contribution in [0.4, 0.5) is 0 Å². The number of hydrogen-bond donors (Lipinski definition) is 1. The number of nitrogens with zero attached hydrogens (tertiary/aromatic N) is 1. The molecule has 0 saturated heterocycles. The molecule has 0 aliphatic heterocycles. The van der Waals surface area contributed by atoms with Crippen LogP contribution >= 0.6 is 11.6 Å². The molecule has 1 atom stereocenters. The number of halogens is 2. The minimum atomic E-state index is -0.630. The van der Waals surface area contributed by atoms with Crippen molar-refractivity contribution in [2.75, 3.05) is 0 Å². The van der Waals surface area contributed by atoms with E-state index < -0.39 is 5.56 Å². The Morgan fingerprint density at radius 1 is 0.655 bits per heavy atom. The fourth-order valence-electron chi connectivity index (χ4n) is 3.31. The Hall–Kier alpha value is -0.310. The predicted octanol–water partition coefficient (Wildman–Crippen LogP) is 4.80. The molecule has 1 heterocycles. The fourth-order valence-corrected chi connectivity index (χ4v) is 3.53. The molecule has 172 valence electrons.